The molecular formula is C22H24Cl2N2O3S. The number of sulfonamides is 1. The van der Waals surface area contributed by atoms with Gasteiger partial charge in [0.25, 0.3) is 0 Å². The highest BCUT2D eigenvalue weighted by atomic mass is 35.5. The first-order valence-corrected chi connectivity index (χ1v) is 12.4. The number of halogens is 2. The summed E-state index contributed by atoms with van der Waals surface area (Å²) in [5.74, 6) is -0.406. The first-order chi connectivity index (χ1) is 14.3. The SMILES string of the molecule is O=C(Nc1ccc(Cl)cc1Cl)C1CCN(S(=O)(=O)c2ccc3c(c2)CCCC3)CC1. The number of hydrogen-bond acceptors (Lipinski definition) is 3. The lowest BCUT2D eigenvalue weighted by Crippen LogP contribution is -2.41. The summed E-state index contributed by atoms with van der Waals surface area (Å²) < 4.78 is 27.7. The second-order valence-electron chi connectivity index (χ2n) is 7.93. The van der Waals surface area contributed by atoms with Crippen molar-refractivity contribution < 1.29 is 13.2 Å². The molecule has 0 atom stereocenters. The zero-order chi connectivity index (χ0) is 21.3. The number of fused-ring (bicyclic) bond motifs is 1. The fourth-order valence-electron chi connectivity index (χ4n) is 4.20. The van der Waals surface area contributed by atoms with Crippen molar-refractivity contribution in [3.8, 4) is 0 Å². The third-order valence-corrected chi connectivity index (χ3v) is 8.41. The Balaban J connectivity index is 1.40. The van der Waals surface area contributed by atoms with Crippen LogP contribution in [0.4, 0.5) is 5.69 Å². The quantitative estimate of drug-likeness (QED) is 0.695. The number of anilines is 1. The van der Waals surface area contributed by atoms with Crippen LogP contribution in [0.15, 0.2) is 41.3 Å². The molecule has 5 nitrogen and oxygen atoms in total. The molecule has 1 N–H and O–H groups in total. The summed E-state index contributed by atoms with van der Waals surface area (Å²) in [4.78, 5) is 13.0. The monoisotopic (exact) mass is 466 g/mol. The molecule has 2 aromatic rings. The number of rotatable bonds is 4. The molecule has 0 aromatic heterocycles. The molecule has 0 unspecified atom stereocenters. The van der Waals surface area contributed by atoms with Crippen LogP contribution in [0.5, 0.6) is 0 Å². The summed E-state index contributed by atoms with van der Waals surface area (Å²) in [7, 11) is -3.55. The van der Waals surface area contributed by atoms with Crippen LogP contribution in [0.1, 0.15) is 36.8 Å². The zero-order valence-corrected chi connectivity index (χ0v) is 18.9. The minimum Gasteiger partial charge on any atom is -0.325 e. The van der Waals surface area contributed by atoms with Gasteiger partial charge in [0.05, 0.1) is 15.6 Å². The fraction of sp³-hybridized carbons (Fsp3) is 0.409. The molecule has 30 heavy (non-hydrogen) atoms. The largest absolute Gasteiger partial charge is 0.325 e. The van der Waals surface area contributed by atoms with Crippen molar-refractivity contribution in [2.45, 2.75) is 43.4 Å². The van der Waals surface area contributed by atoms with Gasteiger partial charge < -0.3 is 5.32 Å². The Morgan fingerprint density at radius 1 is 0.967 bits per heavy atom. The standard InChI is InChI=1S/C22H24Cl2N2O3S/c23-18-6-8-21(20(24)14-18)25-22(27)16-9-11-26(12-10-16)30(28,29)19-7-5-15-3-1-2-4-17(15)13-19/h5-8,13-14,16H,1-4,9-12H2,(H,25,27). The molecule has 0 bridgehead atoms. The number of benzene rings is 2. The molecule has 2 aromatic carbocycles. The maximum atomic E-state index is 13.1. The smallest absolute Gasteiger partial charge is 0.243 e. The molecule has 1 amide bonds. The number of hydrogen-bond donors (Lipinski definition) is 1. The summed E-state index contributed by atoms with van der Waals surface area (Å²) in [6.45, 7) is 0.651. The first-order valence-electron chi connectivity index (χ1n) is 10.2. The summed E-state index contributed by atoms with van der Waals surface area (Å²) in [5, 5.41) is 3.71. The van der Waals surface area contributed by atoms with Gasteiger partial charge >= 0.3 is 0 Å². The number of nitrogens with one attached hydrogen (secondary N) is 1. The van der Waals surface area contributed by atoms with E-state index in [1.54, 1.807) is 24.3 Å². The molecule has 8 heteroatoms. The number of carbonyl (C=O) groups is 1. The Kier molecular flexibility index (Phi) is 6.39. The van der Waals surface area contributed by atoms with E-state index < -0.39 is 10.0 Å². The van der Waals surface area contributed by atoms with Crippen molar-refractivity contribution >= 4 is 44.8 Å². The number of aryl methyl sites for hydroxylation is 2. The molecule has 1 fully saturated rings. The maximum Gasteiger partial charge on any atom is 0.243 e. The van der Waals surface area contributed by atoms with Crippen LogP contribution in [0.25, 0.3) is 0 Å². The van der Waals surface area contributed by atoms with E-state index >= 15 is 0 Å². The fourth-order valence-corrected chi connectivity index (χ4v) is 6.18. The second kappa shape index (κ2) is 8.87. The van der Waals surface area contributed by atoms with Crippen molar-refractivity contribution in [3.05, 3.63) is 57.6 Å². The second-order valence-corrected chi connectivity index (χ2v) is 10.7. The average molecular weight is 467 g/mol. The van der Waals surface area contributed by atoms with Gasteiger partial charge in [-0.2, -0.15) is 4.31 Å². The van der Waals surface area contributed by atoms with Crippen LogP contribution in [0.2, 0.25) is 10.0 Å². The molecular weight excluding hydrogens is 443 g/mol. The van der Waals surface area contributed by atoms with Gasteiger partial charge in [-0.1, -0.05) is 29.3 Å². The van der Waals surface area contributed by atoms with Gasteiger partial charge in [0.15, 0.2) is 0 Å². The minimum absolute atomic E-state index is 0.148. The molecule has 160 valence electrons. The van der Waals surface area contributed by atoms with E-state index in [9.17, 15) is 13.2 Å². The predicted octanol–water partition coefficient (Wildman–Crippen LogP) is 4.91. The molecule has 0 saturated carbocycles. The molecule has 1 heterocycles. The number of nitrogens with zero attached hydrogens (tertiary/aromatic N) is 1. The summed E-state index contributed by atoms with van der Waals surface area (Å²) in [6.07, 6.45) is 5.18. The third-order valence-electron chi connectivity index (χ3n) is 5.97. The van der Waals surface area contributed by atoms with E-state index in [0.29, 0.717) is 46.6 Å². The van der Waals surface area contributed by atoms with Gasteiger partial charge in [0.2, 0.25) is 15.9 Å². The van der Waals surface area contributed by atoms with Gasteiger partial charge in [-0.25, -0.2) is 8.42 Å². The minimum atomic E-state index is -3.55. The Labute approximate surface area is 187 Å². The van der Waals surface area contributed by atoms with Crippen LogP contribution in [0.3, 0.4) is 0 Å². The normalized spacial score (nSPS) is 18.1. The lowest BCUT2D eigenvalue weighted by Gasteiger charge is -2.31. The van der Waals surface area contributed by atoms with E-state index in [2.05, 4.69) is 5.32 Å². The van der Waals surface area contributed by atoms with Crippen molar-refractivity contribution in [1.29, 1.82) is 0 Å². The number of carbonyl (C=O) groups excluding carboxylic acids is 1. The highest BCUT2D eigenvalue weighted by molar-refractivity contribution is 7.89. The Bertz CT molecular complexity index is 1060. The van der Waals surface area contributed by atoms with Crippen molar-refractivity contribution in [2.24, 2.45) is 5.92 Å². The molecule has 1 saturated heterocycles. The van der Waals surface area contributed by atoms with Gasteiger partial charge in [-0.05, 0) is 80.0 Å². The third kappa shape index (κ3) is 4.52. The van der Waals surface area contributed by atoms with Gasteiger partial charge in [0.1, 0.15) is 0 Å². The van der Waals surface area contributed by atoms with E-state index in [0.717, 1.165) is 31.2 Å². The maximum absolute atomic E-state index is 13.1. The van der Waals surface area contributed by atoms with Crippen molar-refractivity contribution in [2.75, 3.05) is 18.4 Å². The summed E-state index contributed by atoms with van der Waals surface area (Å²) in [6, 6.07) is 10.4. The predicted molar refractivity (Wildman–Crippen MR) is 120 cm³/mol. The Morgan fingerprint density at radius 2 is 1.67 bits per heavy atom. The lowest BCUT2D eigenvalue weighted by molar-refractivity contribution is -0.120. The van der Waals surface area contributed by atoms with Gasteiger partial charge in [-0.3, -0.25) is 4.79 Å². The van der Waals surface area contributed by atoms with Gasteiger partial charge in [-0.15, -0.1) is 0 Å². The molecule has 4 rings (SSSR count). The number of piperidine rings is 1. The van der Waals surface area contributed by atoms with Gasteiger partial charge in [0, 0.05) is 24.0 Å². The molecule has 0 radical (unpaired) electrons. The van der Waals surface area contributed by atoms with Crippen LogP contribution in [0, 0.1) is 5.92 Å². The topological polar surface area (TPSA) is 66.5 Å². The van der Waals surface area contributed by atoms with Crippen molar-refractivity contribution in [1.82, 2.24) is 4.31 Å². The molecule has 2 aliphatic rings. The first kappa shape index (κ1) is 21.6. The molecule has 1 aliphatic heterocycles. The zero-order valence-electron chi connectivity index (χ0n) is 16.5. The van der Waals surface area contributed by atoms with E-state index in [1.165, 1.54) is 9.87 Å². The van der Waals surface area contributed by atoms with E-state index in [4.69, 9.17) is 23.2 Å². The van der Waals surface area contributed by atoms with Crippen LogP contribution in [-0.4, -0.2) is 31.7 Å². The summed E-state index contributed by atoms with van der Waals surface area (Å²) >= 11 is 12.0. The van der Waals surface area contributed by atoms with Crippen LogP contribution < -0.4 is 5.32 Å². The highest BCUT2D eigenvalue weighted by Gasteiger charge is 2.32. The lowest BCUT2D eigenvalue weighted by atomic mass is 9.92. The van der Waals surface area contributed by atoms with E-state index in [-0.39, 0.29) is 11.8 Å². The van der Waals surface area contributed by atoms with Crippen LogP contribution in [-0.2, 0) is 27.7 Å². The van der Waals surface area contributed by atoms with Crippen molar-refractivity contribution in [3.63, 3.8) is 0 Å². The Morgan fingerprint density at radius 3 is 2.37 bits per heavy atom. The molecule has 1 aliphatic carbocycles. The molecule has 0 spiro atoms. The van der Waals surface area contributed by atoms with Crippen LogP contribution >= 0.6 is 23.2 Å². The van der Waals surface area contributed by atoms with E-state index in [1.807, 2.05) is 12.1 Å². The summed E-state index contributed by atoms with van der Waals surface area (Å²) in [5.41, 5.74) is 2.92. The average Bonchev–Trinajstić information content (AvgIpc) is 2.75. The Hall–Kier alpha value is -1.60. The highest BCUT2D eigenvalue weighted by Crippen LogP contribution is 2.30. The number of amides is 1.